The highest BCUT2D eigenvalue weighted by molar-refractivity contribution is 6.30. The number of halogens is 2. The van der Waals surface area contributed by atoms with Crippen LogP contribution in [0.5, 0.6) is 5.75 Å². The monoisotopic (exact) mass is 577 g/mol. The summed E-state index contributed by atoms with van der Waals surface area (Å²) in [5.41, 5.74) is 9.80. The van der Waals surface area contributed by atoms with Crippen molar-refractivity contribution in [2.75, 3.05) is 13.2 Å². The molecule has 0 bridgehead atoms. The molecule has 8 nitrogen and oxygen atoms in total. The molecule has 2 atom stereocenters. The Kier molecular flexibility index (Phi) is 8.69. The lowest BCUT2D eigenvalue weighted by molar-refractivity contribution is -0.119. The highest BCUT2D eigenvalue weighted by Crippen LogP contribution is 2.35. The van der Waals surface area contributed by atoms with Crippen molar-refractivity contribution < 1.29 is 14.3 Å². The maximum atomic E-state index is 13.2. The number of aromatic nitrogens is 2. The maximum Gasteiger partial charge on any atom is 0.255 e. The Morgan fingerprint density at radius 2 is 1.77 bits per heavy atom. The zero-order valence-corrected chi connectivity index (χ0v) is 23.2. The quantitative estimate of drug-likeness (QED) is 0.249. The highest BCUT2D eigenvalue weighted by Gasteiger charge is 2.27. The van der Waals surface area contributed by atoms with Crippen LogP contribution in [0.2, 0.25) is 10.0 Å². The van der Waals surface area contributed by atoms with Gasteiger partial charge in [0.2, 0.25) is 5.91 Å². The van der Waals surface area contributed by atoms with E-state index in [0.717, 1.165) is 23.2 Å². The van der Waals surface area contributed by atoms with Crippen LogP contribution in [0.3, 0.4) is 0 Å². The standard InChI is InChI=1S/C30H29Cl2N5O3/c31-21-8-4-19(5-9-21)17-37-18-34-14-23(37)15-35-27-12-13-40-28-24(27)2-1-3-25(28)30(39)36-16-26(29(33)38)20-6-10-22(32)11-7-20/h1-11,14,18,26-27,35H,12-13,15-17H2,(H2,33,38)(H,36,39)/t26-,27?/m0/s1. The number of ether oxygens (including phenoxy) is 1. The van der Waals surface area contributed by atoms with Gasteiger partial charge in [-0.1, -0.05) is 59.6 Å². The van der Waals surface area contributed by atoms with Gasteiger partial charge in [-0.3, -0.25) is 9.59 Å². The van der Waals surface area contributed by atoms with Crippen molar-refractivity contribution in [2.24, 2.45) is 5.73 Å². The van der Waals surface area contributed by atoms with Gasteiger partial charge in [0.1, 0.15) is 5.75 Å². The van der Waals surface area contributed by atoms with E-state index in [9.17, 15) is 9.59 Å². The number of benzene rings is 3. The van der Waals surface area contributed by atoms with Crippen molar-refractivity contribution in [1.82, 2.24) is 20.2 Å². The topological polar surface area (TPSA) is 111 Å². The number of amides is 2. The van der Waals surface area contributed by atoms with Crippen LogP contribution in [0.4, 0.5) is 0 Å². The molecule has 0 saturated heterocycles. The summed E-state index contributed by atoms with van der Waals surface area (Å²) < 4.78 is 8.07. The Labute approximate surface area is 242 Å². The van der Waals surface area contributed by atoms with Gasteiger partial charge in [-0.15, -0.1) is 0 Å². The molecule has 0 spiro atoms. The summed E-state index contributed by atoms with van der Waals surface area (Å²) in [6.45, 7) is 1.80. The molecular weight excluding hydrogens is 549 g/mol. The molecule has 1 aromatic heterocycles. The predicted molar refractivity (Wildman–Crippen MR) is 155 cm³/mol. The SMILES string of the molecule is NC(=O)[C@@H](CNC(=O)c1cccc2c1OCCC2NCc1cncn1Cc1ccc(Cl)cc1)c1ccc(Cl)cc1. The Morgan fingerprint density at radius 1 is 1.05 bits per heavy atom. The van der Waals surface area contributed by atoms with Gasteiger partial charge in [-0.05, 0) is 41.5 Å². The van der Waals surface area contributed by atoms with Crippen LogP contribution in [0.25, 0.3) is 0 Å². The summed E-state index contributed by atoms with van der Waals surface area (Å²) in [6.07, 6.45) is 4.42. The van der Waals surface area contributed by atoms with E-state index in [1.807, 2.05) is 48.9 Å². The van der Waals surface area contributed by atoms with Crippen LogP contribution in [0.15, 0.2) is 79.3 Å². The molecule has 0 radical (unpaired) electrons. The van der Waals surface area contributed by atoms with Crippen molar-refractivity contribution in [3.8, 4) is 5.75 Å². The van der Waals surface area contributed by atoms with Gasteiger partial charge in [0.25, 0.3) is 5.91 Å². The Bertz CT molecular complexity index is 1490. The number of primary amides is 1. The van der Waals surface area contributed by atoms with E-state index in [4.69, 9.17) is 33.7 Å². The van der Waals surface area contributed by atoms with Gasteiger partial charge in [0.15, 0.2) is 0 Å². The number of nitrogens with two attached hydrogens (primary N) is 1. The van der Waals surface area contributed by atoms with Gasteiger partial charge in [-0.2, -0.15) is 0 Å². The average Bonchev–Trinajstić information content (AvgIpc) is 3.40. The van der Waals surface area contributed by atoms with Crippen molar-refractivity contribution in [2.45, 2.75) is 31.5 Å². The molecule has 10 heteroatoms. The second-order valence-corrected chi connectivity index (χ2v) is 10.5. The molecule has 5 rings (SSSR count). The van der Waals surface area contributed by atoms with Crippen LogP contribution in [-0.2, 0) is 17.9 Å². The fraction of sp³-hybridized carbons (Fsp3) is 0.233. The first-order chi connectivity index (χ1) is 19.4. The lowest BCUT2D eigenvalue weighted by atomic mass is 9.96. The van der Waals surface area contributed by atoms with E-state index in [1.54, 1.807) is 30.3 Å². The number of hydrogen-bond acceptors (Lipinski definition) is 5. The van der Waals surface area contributed by atoms with Gasteiger partial charge in [-0.25, -0.2) is 4.98 Å². The van der Waals surface area contributed by atoms with Gasteiger partial charge >= 0.3 is 0 Å². The van der Waals surface area contributed by atoms with Crippen molar-refractivity contribution in [3.05, 3.63) is 117 Å². The molecule has 0 fully saturated rings. The Morgan fingerprint density at radius 3 is 2.50 bits per heavy atom. The molecule has 2 amide bonds. The fourth-order valence-electron chi connectivity index (χ4n) is 4.84. The maximum absolute atomic E-state index is 13.2. The van der Waals surface area contributed by atoms with Crippen molar-refractivity contribution >= 4 is 35.0 Å². The molecule has 206 valence electrons. The molecule has 4 N–H and O–H groups in total. The molecule has 0 aliphatic carbocycles. The number of hydrogen-bond donors (Lipinski definition) is 3. The van der Waals surface area contributed by atoms with E-state index in [2.05, 4.69) is 20.2 Å². The van der Waals surface area contributed by atoms with Crippen molar-refractivity contribution in [3.63, 3.8) is 0 Å². The number of para-hydroxylation sites is 1. The van der Waals surface area contributed by atoms with Crippen LogP contribution in [-0.4, -0.2) is 34.5 Å². The summed E-state index contributed by atoms with van der Waals surface area (Å²) in [7, 11) is 0. The molecule has 2 heterocycles. The third-order valence-corrected chi connectivity index (χ3v) is 7.50. The Hall–Kier alpha value is -3.85. The fourth-order valence-corrected chi connectivity index (χ4v) is 5.09. The summed E-state index contributed by atoms with van der Waals surface area (Å²) in [5, 5.41) is 7.72. The van der Waals surface area contributed by atoms with Crippen LogP contribution in [0.1, 0.15) is 51.1 Å². The third-order valence-electron chi connectivity index (χ3n) is 7.00. The lowest BCUT2D eigenvalue weighted by Crippen LogP contribution is -2.35. The number of rotatable bonds is 10. The molecule has 1 aliphatic rings. The molecule has 4 aromatic rings. The van der Waals surface area contributed by atoms with Crippen LogP contribution >= 0.6 is 23.2 Å². The Balaban J connectivity index is 1.26. The molecular formula is C30H29Cl2N5O3. The molecule has 3 aromatic carbocycles. The minimum absolute atomic E-state index is 0.0113. The third kappa shape index (κ3) is 6.47. The lowest BCUT2D eigenvalue weighted by Gasteiger charge is -2.28. The number of nitrogens with zero attached hydrogens (tertiary/aromatic N) is 2. The normalized spacial score (nSPS) is 15.1. The number of carbonyl (C=O) groups is 2. The van der Waals surface area contributed by atoms with E-state index in [1.165, 1.54) is 0 Å². The summed E-state index contributed by atoms with van der Waals surface area (Å²) in [4.78, 5) is 29.7. The first-order valence-electron chi connectivity index (χ1n) is 12.9. The van der Waals surface area contributed by atoms with Crippen LogP contribution < -0.4 is 21.1 Å². The number of nitrogens with one attached hydrogen (secondary N) is 2. The minimum Gasteiger partial charge on any atom is -0.492 e. The molecule has 1 unspecified atom stereocenters. The zero-order chi connectivity index (χ0) is 28.1. The summed E-state index contributed by atoms with van der Waals surface area (Å²) in [5.74, 6) is -1.01. The summed E-state index contributed by atoms with van der Waals surface area (Å²) in [6, 6.07) is 20.1. The van der Waals surface area contributed by atoms with E-state index >= 15 is 0 Å². The summed E-state index contributed by atoms with van der Waals surface area (Å²) >= 11 is 12.0. The number of fused-ring (bicyclic) bond motifs is 1. The molecule has 40 heavy (non-hydrogen) atoms. The van der Waals surface area contributed by atoms with Crippen LogP contribution in [0, 0.1) is 0 Å². The predicted octanol–water partition coefficient (Wildman–Crippen LogP) is 4.85. The first-order valence-corrected chi connectivity index (χ1v) is 13.7. The highest BCUT2D eigenvalue weighted by atomic mass is 35.5. The number of carbonyl (C=O) groups excluding carboxylic acids is 2. The average molecular weight is 579 g/mol. The first kappa shape index (κ1) is 27.7. The van der Waals surface area contributed by atoms with E-state index in [-0.39, 0.29) is 18.5 Å². The molecule has 1 aliphatic heterocycles. The smallest absolute Gasteiger partial charge is 0.255 e. The second-order valence-electron chi connectivity index (χ2n) is 9.65. The largest absolute Gasteiger partial charge is 0.492 e. The van der Waals surface area contributed by atoms with Gasteiger partial charge < -0.3 is 25.7 Å². The zero-order valence-electron chi connectivity index (χ0n) is 21.6. The minimum atomic E-state index is -0.686. The molecule has 0 saturated carbocycles. The number of imidazole rings is 1. The van der Waals surface area contributed by atoms with Gasteiger partial charge in [0, 0.05) is 53.9 Å². The van der Waals surface area contributed by atoms with E-state index < -0.39 is 11.8 Å². The second kappa shape index (κ2) is 12.6. The van der Waals surface area contributed by atoms with Crippen molar-refractivity contribution in [1.29, 1.82) is 0 Å². The van der Waals surface area contributed by atoms with E-state index in [0.29, 0.717) is 46.6 Å². The van der Waals surface area contributed by atoms with Gasteiger partial charge in [0.05, 0.1) is 30.1 Å².